The molecule has 4 nitrogen and oxygen atoms in total. The molecule has 3 rings (SSSR count). The van der Waals surface area contributed by atoms with Gasteiger partial charge in [0.05, 0.1) is 5.02 Å². The van der Waals surface area contributed by atoms with Crippen molar-refractivity contribution >= 4 is 34.2 Å². The number of nitrogens with one attached hydrogen (secondary N) is 2. The lowest BCUT2D eigenvalue weighted by atomic mass is 10.1. The number of carbonyl (C=O) groups excluding carboxylic acids is 1. The molecule has 0 aliphatic carbocycles. The van der Waals surface area contributed by atoms with E-state index in [9.17, 15) is 4.79 Å². The molecule has 0 atom stereocenters. The summed E-state index contributed by atoms with van der Waals surface area (Å²) in [6, 6.07) is 11.5. The maximum absolute atomic E-state index is 12.0. The predicted octanol–water partition coefficient (Wildman–Crippen LogP) is 3.79. The fraction of sp³-hybridized carbons (Fsp3) is 0.125. The third kappa shape index (κ3) is 3.06. The lowest BCUT2D eigenvalue weighted by Gasteiger charge is -2.05. The second kappa shape index (κ2) is 5.97. The first-order chi connectivity index (χ1) is 10.2. The number of H-pyrrole nitrogens is 1. The number of rotatable bonds is 4. The Kier molecular flexibility index (Phi) is 3.88. The van der Waals surface area contributed by atoms with Crippen molar-refractivity contribution in [2.24, 2.45) is 0 Å². The van der Waals surface area contributed by atoms with Crippen LogP contribution in [0.4, 0.5) is 5.82 Å². The Labute approximate surface area is 127 Å². The van der Waals surface area contributed by atoms with Crippen LogP contribution in [0.3, 0.4) is 0 Å². The van der Waals surface area contributed by atoms with Gasteiger partial charge in [-0.2, -0.15) is 0 Å². The highest BCUT2D eigenvalue weighted by Gasteiger charge is 2.09. The fourth-order valence-corrected chi connectivity index (χ4v) is 2.43. The quantitative estimate of drug-likeness (QED) is 0.770. The van der Waals surface area contributed by atoms with Gasteiger partial charge in [0.15, 0.2) is 5.82 Å². The molecule has 0 fully saturated rings. The highest BCUT2D eigenvalue weighted by atomic mass is 35.5. The van der Waals surface area contributed by atoms with Crippen LogP contribution in [0.2, 0.25) is 5.02 Å². The molecule has 0 aliphatic heterocycles. The first kappa shape index (κ1) is 13.6. The van der Waals surface area contributed by atoms with Gasteiger partial charge in [0.25, 0.3) is 0 Å². The average Bonchev–Trinajstić information content (AvgIpc) is 2.91. The van der Waals surface area contributed by atoms with Crippen molar-refractivity contribution in [3.8, 4) is 0 Å². The van der Waals surface area contributed by atoms with Crippen molar-refractivity contribution in [3.63, 3.8) is 0 Å². The van der Waals surface area contributed by atoms with Gasteiger partial charge in [0.2, 0.25) is 5.91 Å². The minimum absolute atomic E-state index is 0.0964. The summed E-state index contributed by atoms with van der Waals surface area (Å²) in [7, 11) is 0. The van der Waals surface area contributed by atoms with E-state index in [0.29, 0.717) is 23.7 Å². The van der Waals surface area contributed by atoms with Crippen LogP contribution in [0.5, 0.6) is 0 Å². The lowest BCUT2D eigenvalue weighted by Crippen LogP contribution is -2.13. The number of hydrogen-bond donors (Lipinski definition) is 2. The zero-order chi connectivity index (χ0) is 14.7. The van der Waals surface area contributed by atoms with Gasteiger partial charge in [0.1, 0.15) is 0 Å². The molecule has 0 saturated carbocycles. The number of aromatic amines is 1. The normalized spacial score (nSPS) is 10.7. The summed E-state index contributed by atoms with van der Waals surface area (Å²) in [5.74, 6) is 0.309. The first-order valence-corrected chi connectivity index (χ1v) is 7.07. The number of halogens is 1. The molecule has 1 amide bonds. The number of para-hydroxylation sites is 1. The van der Waals surface area contributed by atoms with E-state index in [2.05, 4.69) is 21.4 Å². The van der Waals surface area contributed by atoms with Gasteiger partial charge < -0.3 is 10.3 Å². The van der Waals surface area contributed by atoms with E-state index in [4.69, 9.17) is 11.6 Å². The van der Waals surface area contributed by atoms with Crippen molar-refractivity contribution in [3.05, 3.63) is 59.4 Å². The van der Waals surface area contributed by atoms with Gasteiger partial charge in [-0.05, 0) is 30.2 Å². The molecule has 2 heterocycles. The zero-order valence-corrected chi connectivity index (χ0v) is 12.0. The van der Waals surface area contributed by atoms with Crippen LogP contribution in [0.25, 0.3) is 10.9 Å². The average molecular weight is 300 g/mol. The van der Waals surface area contributed by atoms with Crippen molar-refractivity contribution in [2.75, 3.05) is 5.32 Å². The molecule has 5 heteroatoms. The molecule has 1 aromatic carbocycles. The van der Waals surface area contributed by atoms with Crippen LogP contribution in [-0.2, 0) is 11.2 Å². The van der Waals surface area contributed by atoms with E-state index in [1.807, 2.05) is 24.4 Å². The van der Waals surface area contributed by atoms with Crippen LogP contribution in [-0.4, -0.2) is 15.9 Å². The Morgan fingerprint density at radius 3 is 2.95 bits per heavy atom. The number of pyridine rings is 1. The van der Waals surface area contributed by atoms with E-state index >= 15 is 0 Å². The summed E-state index contributed by atoms with van der Waals surface area (Å²) in [6.07, 6.45) is 4.60. The Balaban J connectivity index is 1.65. The van der Waals surface area contributed by atoms with Crippen LogP contribution < -0.4 is 5.32 Å². The molecule has 106 valence electrons. The van der Waals surface area contributed by atoms with E-state index in [-0.39, 0.29) is 5.91 Å². The number of nitrogens with zero attached hydrogens (tertiary/aromatic N) is 1. The Bertz CT molecular complexity index is 782. The SMILES string of the molecule is O=C(CCc1c[nH]c2ccccc12)Nc1ncccc1Cl. The summed E-state index contributed by atoms with van der Waals surface area (Å²) in [4.78, 5) is 19.2. The van der Waals surface area contributed by atoms with Crippen molar-refractivity contribution < 1.29 is 4.79 Å². The number of amides is 1. The van der Waals surface area contributed by atoms with Crippen LogP contribution >= 0.6 is 11.6 Å². The van der Waals surface area contributed by atoms with Gasteiger partial charge in [-0.3, -0.25) is 4.79 Å². The van der Waals surface area contributed by atoms with Gasteiger partial charge in [0, 0.05) is 29.7 Å². The van der Waals surface area contributed by atoms with Gasteiger partial charge in [-0.15, -0.1) is 0 Å². The van der Waals surface area contributed by atoms with E-state index in [0.717, 1.165) is 16.5 Å². The summed E-state index contributed by atoms with van der Waals surface area (Å²) >= 11 is 5.96. The molecule has 0 bridgehead atoms. The molecular formula is C16H14ClN3O. The Morgan fingerprint density at radius 1 is 1.24 bits per heavy atom. The largest absolute Gasteiger partial charge is 0.361 e. The number of benzene rings is 1. The minimum atomic E-state index is -0.0964. The molecule has 2 N–H and O–H groups in total. The monoisotopic (exact) mass is 299 g/mol. The van der Waals surface area contributed by atoms with E-state index in [1.54, 1.807) is 18.3 Å². The second-order valence-electron chi connectivity index (χ2n) is 4.74. The van der Waals surface area contributed by atoms with Crippen molar-refractivity contribution in [2.45, 2.75) is 12.8 Å². The standard InChI is InChI=1S/C16H14ClN3O/c17-13-5-3-9-18-16(13)20-15(21)8-7-11-10-19-14-6-2-1-4-12(11)14/h1-6,9-10,19H,7-8H2,(H,18,20,21). The van der Waals surface area contributed by atoms with Gasteiger partial charge >= 0.3 is 0 Å². The summed E-state index contributed by atoms with van der Waals surface area (Å²) in [5, 5.41) is 4.32. The molecule has 0 spiro atoms. The fourth-order valence-electron chi connectivity index (χ4n) is 2.26. The predicted molar refractivity (Wildman–Crippen MR) is 84.5 cm³/mol. The summed E-state index contributed by atoms with van der Waals surface area (Å²) in [5.41, 5.74) is 2.22. The number of anilines is 1. The molecule has 2 aromatic heterocycles. The minimum Gasteiger partial charge on any atom is -0.361 e. The molecule has 0 unspecified atom stereocenters. The molecule has 21 heavy (non-hydrogen) atoms. The molecular weight excluding hydrogens is 286 g/mol. The molecule has 0 radical (unpaired) electrons. The van der Waals surface area contributed by atoms with Crippen LogP contribution in [0, 0.1) is 0 Å². The highest BCUT2D eigenvalue weighted by Crippen LogP contribution is 2.20. The molecule has 0 aliphatic rings. The summed E-state index contributed by atoms with van der Waals surface area (Å²) < 4.78 is 0. The molecule has 0 saturated heterocycles. The summed E-state index contributed by atoms with van der Waals surface area (Å²) in [6.45, 7) is 0. The Hall–Kier alpha value is -2.33. The van der Waals surface area contributed by atoms with Crippen LogP contribution in [0.15, 0.2) is 48.8 Å². The third-order valence-corrected chi connectivity index (χ3v) is 3.62. The topological polar surface area (TPSA) is 57.8 Å². The molecule has 3 aromatic rings. The second-order valence-corrected chi connectivity index (χ2v) is 5.15. The van der Waals surface area contributed by atoms with Crippen molar-refractivity contribution in [1.82, 2.24) is 9.97 Å². The first-order valence-electron chi connectivity index (χ1n) is 6.69. The highest BCUT2D eigenvalue weighted by molar-refractivity contribution is 6.33. The van der Waals surface area contributed by atoms with Gasteiger partial charge in [-0.1, -0.05) is 29.8 Å². The van der Waals surface area contributed by atoms with E-state index in [1.165, 1.54) is 0 Å². The smallest absolute Gasteiger partial charge is 0.225 e. The maximum atomic E-state index is 12.0. The Morgan fingerprint density at radius 2 is 2.10 bits per heavy atom. The van der Waals surface area contributed by atoms with Gasteiger partial charge in [-0.25, -0.2) is 4.98 Å². The third-order valence-electron chi connectivity index (χ3n) is 3.31. The van der Waals surface area contributed by atoms with Crippen LogP contribution in [0.1, 0.15) is 12.0 Å². The van der Waals surface area contributed by atoms with Crippen molar-refractivity contribution in [1.29, 1.82) is 0 Å². The number of carbonyl (C=O) groups is 1. The lowest BCUT2D eigenvalue weighted by molar-refractivity contribution is -0.116. The number of fused-ring (bicyclic) bond motifs is 1. The number of hydrogen-bond acceptors (Lipinski definition) is 2. The number of aryl methyl sites for hydroxylation is 1. The maximum Gasteiger partial charge on any atom is 0.225 e. The zero-order valence-electron chi connectivity index (χ0n) is 11.3. The number of aromatic nitrogens is 2. The van der Waals surface area contributed by atoms with E-state index < -0.39 is 0 Å².